The van der Waals surface area contributed by atoms with Crippen LogP contribution < -0.4 is 37.6 Å². The first-order valence-corrected chi connectivity index (χ1v) is 37.7. The van der Waals surface area contributed by atoms with Crippen LogP contribution in [0.5, 0.6) is 0 Å². The van der Waals surface area contributed by atoms with E-state index < -0.39 is 180 Å². The summed E-state index contributed by atoms with van der Waals surface area (Å²) >= 11 is 19.4. The molecule has 3 aliphatic rings. The van der Waals surface area contributed by atoms with Crippen molar-refractivity contribution in [1.29, 1.82) is 0 Å². The van der Waals surface area contributed by atoms with Crippen LogP contribution in [0.15, 0.2) is 103 Å². The summed E-state index contributed by atoms with van der Waals surface area (Å²) in [6, 6.07) is 16.6. The topological polar surface area (TPSA) is 353 Å². The maximum atomic E-state index is 15.8. The lowest BCUT2D eigenvalue weighted by Gasteiger charge is -2.36. The largest absolute Gasteiger partial charge is 0.391 e. The summed E-state index contributed by atoms with van der Waals surface area (Å²) in [5.41, 5.74) is 8.43. The Hall–Kier alpha value is -8.39. The number of carbonyl (C=O) groups is 12. The molecule has 14 atom stereocenters. The number of carbonyl (C=O) groups excluding carboxylic acids is 12. The Kier molecular flexibility index (Phi) is 31.6. The van der Waals surface area contributed by atoms with Crippen LogP contribution in [0.1, 0.15) is 147 Å². The highest BCUT2D eigenvalue weighted by Crippen LogP contribution is 2.33. The Labute approximate surface area is 635 Å². The number of aliphatic hydroxyl groups excluding tert-OH is 2. The van der Waals surface area contributed by atoms with E-state index >= 15 is 24.0 Å². The molecule has 4 aromatic rings. The van der Waals surface area contributed by atoms with Crippen LogP contribution in [0.4, 0.5) is 0 Å². The van der Waals surface area contributed by atoms with Crippen molar-refractivity contribution in [3.05, 3.63) is 146 Å². The summed E-state index contributed by atoms with van der Waals surface area (Å²) in [6.45, 7) is 10.9. The second-order valence-electron chi connectivity index (χ2n) is 28.8. The molecule has 0 bridgehead atoms. The van der Waals surface area contributed by atoms with E-state index in [1.165, 1.54) is 34.9 Å². The van der Waals surface area contributed by atoms with Gasteiger partial charge in [0.15, 0.2) is 11.6 Å². The van der Waals surface area contributed by atoms with Crippen LogP contribution >= 0.6 is 34.8 Å². The first kappa shape index (κ1) is 84.9. The molecule has 2 heterocycles. The number of benzene rings is 4. The number of amides is 9. The maximum Gasteiger partial charge on any atom is 0.245 e. The first-order valence-electron chi connectivity index (χ1n) is 36.6. The van der Waals surface area contributed by atoms with Crippen LogP contribution in [0, 0.1) is 23.7 Å². The molecule has 7 rings (SSSR count). The molecule has 106 heavy (non-hydrogen) atoms. The fraction of sp³-hybridized carbons (Fsp3) is 0.519. The third-order valence-corrected chi connectivity index (χ3v) is 21.7. The van der Waals surface area contributed by atoms with E-state index in [9.17, 15) is 43.8 Å². The van der Waals surface area contributed by atoms with Gasteiger partial charge in [-0.1, -0.05) is 142 Å². The van der Waals surface area contributed by atoms with Gasteiger partial charge in [-0.25, -0.2) is 0 Å². The number of nitrogens with zero attached hydrogens (tertiary/aromatic N) is 3. The standard InChI is InChI=1S/C79H103Cl3N10O14/c1-10-45(3)69-74(102)84-44-68(99)91(9)71(46(4)11-2)76(104)89-70(48(6)93)75(103)86-61(40-54-28-27-53-21-13-14-24-60(53)54)73(101)87-62(38-52-20-18-23-59(82)37-52)78(106)90(8)63(39-50-25-30-57(80)31-26-50)65(96)43-79(83,49(7)94)66(97)41-56(35-51-19-17-22-58(81)36-51)64(95)32-29-55(77(105)92-33-15-12-16-34-92)42-67(98)85-47(5)72(100)88-69/h13-14,17-26,28,30-31,36-37,45-49,55-56,61-63,69-71,93-94H,10-12,15-16,27,29,32-35,38-44,83H2,1-9H3,(H,84,102)(H,85,98)(H,86,103)(H,87,101)(H,88,100)(H,89,104)/t45-,46-,47-,48+,49+,55-,56+,61-,62-,63-,69-,70-,71-,79+/m0/s1. The van der Waals surface area contributed by atoms with Crippen molar-refractivity contribution < 1.29 is 67.7 Å². The second kappa shape index (κ2) is 39.5. The Morgan fingerprint density at radius 3 is 1.84 bits per heavy atom. The van der Waals surface area contributed by atoms with Gasteiger partial charge in [0.2, 0.25) is 53.2 Å². The second-order valence-corrected chi connectivity index (χ2v) is 30.1. The van der Waals surface area contributed by atoms with Crippen molar-refractivity contribution in [3.8, 4) is 0 Å². The Balaban J connectivity index is 1.33. The summed E-state index contributed by atoms with van der Waals surface area (Å²) in [5.74, 6) is -12.8. The van der Waals surface area contributed by atoms with Crippen molar-refractivity contribution in [2.45, 2.75) is 205 Å². The summed E-state index contributed by atoms with van der Waals surface area (Å²) in [5, 5.41) is 40.3. The SMILES string of the molecule is CC[C@H](C)[C@@H]1NC(=O)[C@H](C)NC(=O)C[C@@H](C(=O)N2CCCCC2)CCC(=O)[C@H](Cc2cccc(Cl)c2)CC(=O)[C@](N)([C@@H](C)O)CC(=O)[C@H](Cc2ccc(Cl)cc2)N(C)C(=O)[C@H](Cc2cccc(Cl)c2)NC(=O)[C@H](CC2=CCc3ccccc32)NC(=O)[C@H]([C@@H](C)O)NC(=O)[C@H]([C@@H](C)CC)N(C)C(=O)CNC1=O. The van der Waals surface area contributed by atoms with E-state index in [2.05, 4.69) is 31.9 Å². The number of hydrogen-bond donors (Lipinski definition) is 9. The molecule has 9 amide bonds. The normalized spacial score (nSPS) is 26.0. The summed E-state index contributed by atoms with van der Waals surface area (Å²) in [7, 11) is 2.66. The van der Waals surface area contributed by atoms with Crippen LogP contribution in [0.3, 0.4) is 0 Å². The third kappa shape index (κ3) is 23.1. The highest BCUT2D eigenvalue weighted by atomic mass is 35.5. The molecule has 0 saturated carbocycles. The maximum absolute atomic E-state index is 15.8. The van der Waals surface area contributed by atoms with E-state index in [4.69, 9.17) is 40.5 Å². The van der Waals surface area contributed by atoms with Gasteiger partial charge in [-0.3, -0.25) is 57.5 Å². The van der Waals surface area contributed by atoms with Gasteiger partial charge in [0.05, 0.1) is 24.8 Å². The fourth-order valence-electron chi connectivity index (χ4n) is 13.9. The van der Waals surface area contributed by atoms with Crippen LogP contribution in [-0.2, 0) is 83.2 Å². The van der Waals surface area contributed by atoms with E-state index in [-0.39, 0.29) is 43.5 Å². The Morgan fingerprint density at radius 1 is 0.613 bits per heavy atom. The zero-order chi connectivity index (χ0) is 77.9. The average Bonchev–Trinajstić information content (AvgIpc) is 1.61. The third-order valence-electron chi connectivity index (χ3n) is 20.9. The number of nitrogens with one attached hydrogen (secondary N) is 6. The van der Waals surface area contributed by atoms with Crippen LogP contribution in [0.25, 0.3) is 5.57 Å². The van der Waals surface area contributed by atoms with E-state index in [0.717, 1.165) is 27.3 Å². The zero-order valence-corrected chi connectivity index (χ0v) is 64.2. The molecule has 0 radical (unpaired) electrons. The number of Topliss-reactive ketones (excluding diaryl/α,β-unsaturated/α-hetero) is 3. The number of likely N-dealkylation sites (N-methyl/N-ethyl adjacent to an activating group) is 2. The number of piperidine rings is 1. The molecule has 1 aliphatic carbocycles. The minimum Gasteiger partial charge on any atom is -0.391 e. The molecule has 0 unspecified atom stereocenters. The number of fused-ring (bicyclic) bond motifs is 1. The number of halogens is 3. The predicted molar refractivity (Wildman–Crippen MR) is 404 cm³/mol. The molecule has 2 saturated heterocycles. The molecule has 2 fully saturated rings. The number of aliphatic hydroxyl groups is 2. The monoisotopic (exact) mass is 1520 g/mol. The number of hydrogen-bond acceptors (Lipinski definition) is 15. The van der Waals surface area contributed by atoms with Gasteiger partial charge in [-0.2, -0.15) is 0 Å². The number of rotatable bonds is 15. The number of ketones is 3. The highest BCUT2D eigenvalue weighted by molar-refractivity contribution is 6.31. The van der Waals surface area contributed by atoms with Gasteiger partial charge in [-0.05, 0) is 147 Å². The van der Waals surface area contributed by atoms with Gasteiger partial charge in [0.25, 0.3) is 0 Å². The number of nitrogens with two attached hydrogens (primary N) is 1. The van der Waals surface area contributed by atoms with Gasteiger partial charge < -0.3 is 62.5 Å². The van der Waals surface area contributed by atoms with Gasteiger partial charge in [0.1, 0.15) is 47.6 Å². The van der Waals surface area contributed by atoms with Crippen molar-refractivity contribution in [2.24, 2.45) is 29.4 Å². The van der Waals surface area contributed by atoms with Gasteiger partial charge >= 0.3 is 0 Å². The molecule has 2 aliphatic heterocycles. The fourth-order valence-corrected chi connectivity index (χ4v) is 14.4. The molecule has 10 N–H and O–H groups in total. The number of allylic oxidation sites excluding steroid dienone is 1. The molecule has 24 nitrogen and oxygen atoms in total. The Bertz CT molecular complexity index is 3870. The molecule has 0 spiro atoms. The Morgan fingerprint density at radius 2 is 1.23 bits per heavy atom. The smallest absolute Gasteiger partial charge is 0.245 e. The highest BCUT2D eigenvalue weighted by Gasteiger charge is 2.46. The van der Waals surface area contributed by atoms with Gasteiger partial charge in [0, 0.05) is 92.6 Å². The van der Waals surface area contributed by atoms with Crippen molar-refractivity contribution in [3.63, 3.8) is 0 Å². The van der Waals surface area contributed by atoms with Crippen LogP contribution in [0.2, 0.25) is 15.1 Å². The molecular weight excluding hydrogens is 1420 g/mol. The first-order chi connectivity index (χ1) is 50.2. The quantitative estimate of drug-likeness (QED) is 0.0623. The predicted octanol–water partition coefficient (Wildman–Crippen LogP) is 6.39. The summed E-state index contributed by atoms with van der Waals surface area (Å²) in [4.78, 5) is 182. The van der Waals surface area contributed by atoms with Crippen molar-refractivity contribution in [2.75, 3.05) is 33.7 Å². The lowest BCUT2D eigenvalue weighted by Crippen LogP contribution is -2.62. The van der Waals surface area contributed by atoms with E-state index in [1.54, 1.807) is 105 Å². The molecule has 0 aromatic heterocycles. The van der Waals surface area contributed by atoms with Crippen LogP contribution in [-0.4, -0.2) is 189 Å². The molecule has 574 valence electrons. The molecule has 27 heteroatoms. The minimum absolute atomic E-state index is 0.0994. The lowest BCUT2D eigenvalue weighted by atomic mass is 9.76. The number of likely N-dealkylation sites (tertiary alicyclic amines) is 1. The van der Waals surface area contributed by atoms with Crippen molar-refractivity contribution in [1.82, 2.24) is 46.6 Å². The van der Waals surface area contributed by atoms with Crippen molar-refractivity contribution >= 4 is 111 Å². The molecule has 4 aromatic carbocycles. The van der Waals surface area contributed by atoms with E-state index in [1.807, 2.05) is 30.3 Å². The van der Waals surface area contributed by atoms with Gasteiger partial charge in [-0.15, -0.1) is 0 Å². The lowest BCUT2D eigenvalue weighted by molar-refractivity contribution is -0.144. The average molecular weight is 1520 g/mol. The zero-order valence-electron chi connectivity index (χ0n) is 61.9. The summed E-state index contributed by atoms with van der Waals surface area (Å²) in [6.07, 6.45) is -1.43. The van der Waals surface area contributed by atoms with E-state index in [0.29, 0.717) is 77.5 Å². The summed E-state index contributed by atoms with van der Waals surface area (Å²) < 4.78 is 0. The molecular formula is C79H103Cl3N10O14. The minimum atomic E-state index is -2.44.